The number of rotatable bonds is 7. The Labute approximate surface area is 165 Å². The molecule has 0 saturated carbocycles. The molecule has 0 bridgehead atoms. The molecule has 3 aromatic rings. The first-order valence-electron chi connectivity index (χ1n) is 9.41. The van der Waals surface area contributed by atoms with E-state index in [1.165, 1.54) is 0 Å². The molecule has 2 heterocycles. The summed E-state index contributed by atoms with van der Waals surface area (Å²) in [6.07, 6.45) is 2.22. The maximum absolute atomic E-state index is 5.99. The van der Waals surface area contributed by atoms with Crippen molar-refractivity contribution >= 4 is 0 Å². The van der Waals surface area contributed by atoms with Gasteiger partial charge in [0.15, 0.2) is 0 Å². The Morgan fingerprint density at radius 2 is 1.93 bits per heavy atom. The van der Waals surface area contributed by atoms with Crippen LogP contribution in [0.4, 0.5) is 0 Å². The Morgan fingerprint density at radius 3 is 2.71 bits per heavy atom. The van der Waals surface area contributed by atoms with Crippen molar-refractivity contribution in [1.29, 1.82) is 0 Å². The zero-order valence-corrected chi connectivity index (χ0v) is 16.2. The Balaban J connectivity index is 1.36. The van der Waals surface area contributed by atoms with Crippen molar-refractivity contribution in [2.24, 2.45) is 0 Å². The number of fused-ring (bicyclic) bond motifs is 1. The van der Waals surface area contributed by atoms with Gasteiger partial charge in [0.05, 0.1) is 32.6 Å². The van der Waals surface area contributed by atoms with E-state index in [4.69, 9.17) is 19.2 Å². The van der Waals surface area contributed by atoms with Crippen LogP contribution in [-0.2, 0) is 24.4 Å². The van der Waals surface area contributed by atoms with Crippen LogP contribution >= 0.6 is 0 Å². The van der Waals surface area contributed by atoms with E-state index >= 15 is 0 Å². The number of nitrogens with zero attached hydrogens (tertiary/aromatic N) is 2. The molecule has 1 N–H and O–H groups in total. The van der Waals surface area contributed by atoms with Crippen LogP contribution in [0.15, 0.2) is 54.7 Å². The molecule has 0 amide bonds. The fourth-order valence-electron chi connectivity index (χ4n) is 3.43. The molecule has 6 heteroatoms. The number of methoxy groups -OCH3 is 2. The molecular formula is C22H25N3O3. The Morgan fingerprint density at radius 1 is 1.11 bits per heavy atom. The van der Waals surface area contributed by atoms with Crippen LogP contribution in [0.25, 0.3) is 11.3 Å². The van der Waals surface area contributed by atoms with E-state index in [2.05, 4.69) is 22.1 Å². The molecule has 1 aromatic heterocycles. The van der Waals surface area contributed by atoms with Gasteiger partial charge in [-0.25, -0.2) is 4.98 Å². The average molecular weight is 379 g/mol. The summed E-state index contributed by atoms with van der Waals surface area (Å²) in [6.45, 7) is 2.83. The van der Waals surface area contributed by atoms with Crippen molar-refractivity contribution < 1.29 is 14.2 Å². The first-order valence-corrected chi connectivity index (χ1v) is 9.41. The maximum atomic E-state index is 5.99. The van der Waals surface area contributed by atoms with Gasteiger partial charge in [0.2, 0.25) is 0 Å². The predicted octanol–water partition coefficient (Wildman–Crippen LogP) is 3.26. The number of imidazole rings is 1. The van der Waals surface area contributed by atoms with Crippen LogP contribution in [0.3, 0.4) is 0 Å². The number of ether oxygens (including phenoxy) is 3. The molecular weight excluding hydrogens is 354 g/mol. The minimum absolute atomic E-state index is 0.111. The smallest absolute Gasteiger partial charge is 0.135 e. The summed E-state index contributed by atoms with van der Waals surface area (Å²) in [5.74, 6) is 2.71. The molecule has 2 aromatic carbocycles. The topological polar surface area (TPSA) is 57.5 Å². The minimum atomic E-state index is 0.111. The molecule has 6 nitrogen and oxygen atoms in total. The lowest BCUT2D eigenvalue weighted by molar-refractivity contribution is 0.00276. The highest BCUT2D eigenvalue weighted by atomic mass is 16.5. The van der Waals surface area contributed by atoms with E-state index in [9.17, 15) is 0 Å². The molecule has 1 aliphatic heterocycles. The van der Waals surface area contributed by atoms with Gasteiger partial charge >= 0.3 is 0 Å². The fraction of sp³-hybridized carbons (Fsp3) is 0.318. The molecule has 0 radical (unpaired) electrons. The van der Waals surface area contributed by atoms with Gasteiger partial charge in [-0.15, -0.1) is 0 Å². The predicted molar refractivity (Wildman–Crippen MR) is 107 cm³/mol. The highest BCUT2D eigenvalue weighted by molar-refractivity contribution is 5.59. The summed E-state index contributed by atoms with van der Waals surface area (Å²) in [6, 6.07) is 16.0. The Kier molecular flexibility index (Phi) is 5.60. The number of nitrogens with one attached hydrogen (secondary N) is 1. The van der Waals surface area contributed by atoms with E-state index in [0.717, 1.165) is 53.8 Å². The normalized spacial score (nSPS) is 15.9. The number of benzene rings is 2. The largest absolute Gasteiger partial charge is 0.497 e. The molecule has 4 rings (SSSR count). The first-order chi connectivity index (χ1) is 13.8. The third-order valence-corrected chi connectivity index (χ3v) is 4.97. The van der Waals surface area contributed by atoms with Crippen LogP contribution in [-0.4, -0.2) is 36.4 Å². The zero-order chi connectivity index (χ0) is 19.3. The number of para-hydroxylation sites is 1. The second-order valence-corrected chi connectivity index (χ2v) is 6.80. The molecule has 146 valence electrons. The average Bonchev–Trinajstić information content (AvgIpc) is 3.17. The van der Waals surface area contributed by atoms with E-state index in [0.29, 0.717) is 6.61 Å². The molecule has 1 atom stereocenters. The molecule has 28 heavy (non-hydrogen) atoms. The highest BCUT2D eigenvalue weighted by Crippen LogP contribution is 2.24. The van der Waals surface area contributed by atoms with E-state index in [-0.39, 0.29) is 6.10 Å². The second kappa shape index (κ2) is 8.46. The fourth-order valence-corrected chi connectivity index (χ4v) is 3.43. The van der Waals surface area contributed by atoms with Gasteiger partial charge in [-0.3, -0.25) is 0 Å². The highest BCUT2D eigenvalue weighted by Gasteiger charge is 2.21. The summed E-state index contributed by atoms with van der Waals surface area (Å²) >= 11 is 0. The van der Waals surface area contributed by atoms with Gasteiger partial charge in [0, 0.05) is 30.4 Å². The number of hydrogen-bond donors (Lipinski definition) is 1. The first kappa shape index (κ1) is 18.5. The molecule has 0 saturated heterocycles. The molecule has 1 aliphatic rings. The lowest BCUT2D eigenvalue weighted by Gasteiger charge is -2.24. The van der Waals surface area contributed by atoms with Crippen molar-refractivity contribution in [2.75, 3.05) is 20.8 Å². The van der Waals surface area contributed by atoms with Gasteiger partial charge in [-0.05, 0) is 30.3 Å². The van der Waals surface area contributed by atoms with Crippen LogP contribution in [0, 0.1) is 0 Å². The minimum Gasteiger partial charge on any atom is -0.497 e. The lowest BCUT2D eigenvalue weighted by atomic mass is 10.1. The Bertz CT molecular complexity index is 921. The van der Waals surface area contributed by atoms with E-state index < -0.39 is 0 Å². The van der Waals surface area contributed by atoms with Crippen molar-refractivity contribution in [1.82, 2.24) is 14.9 Å². The van der Waals surface area contributed by atoms with Crippen LogP contribution in [0.5, 0.6) is 11.5 Å². The van der Waals surface area contributed by atoms with Crippen molar-refractivity contribution in [3.8, 4) is 22.8 Å². The van der Waals surface area contributed by atoms with Crippen LogP contribution in [0.1, 0.15) is 11.4 Å². The molecule has 1 unspecified atom stereocenters. The SMILES string of the molecule is COc1ccc(-c2cn3c(n2)COC(CNCc2ccccc2OC)C3)cc1. The lowest BCUT2D eigenvalue weighted by Crippen LogP contribution is -2.36. The van der Waals surface area contributed by atoms with Gasteiger partial charge in [0.1, 0.15) is 23.9 Å². The number of hydrogen-bond acceptors (Lipinski definition) is 5. The van der Waals surface area contributed by atoms with E-state index in [1.54, 1.807) is 14.2 Å². The van der Waals surface area contributed by atoms with Gasteiger partial charge < -0.3 is 24.1 Å². The molecule has 0 fully saturated rings. The van der Waals surface area contributed by atoms with Crippen molar-refractivity contribution in [3.05, 3.63) is 66.1 Å². The summed E-state index contributed by atoms with van der Waals surface area (Å²) < 4.78 is 18.8. The third kappa shape index (κ3) is 4.03. The van der Waals surface area contributed by atoms with Crippen molar-refractivity contribution in [3.63, 3.8) is 0 Å². The maximum Gasteiger partial charge on any atom is 0.135 e. The van der Waals surface area contributed by atoms with Gasteiger partial charge in [-0.1, -0.05) is 18.2 Å². The zero-order valence-electron chi connectivity index (χ0n) is 16.2. The standard InChI is InChI=1S/C22H25N3O3/c1-26-18-9-7-16(8-10-18)20-14-25-13-19(28-15-22(25)24-20)12-23-11-17-5-3-4-6-21(17)27-2/h3-10,14,19,23H,11-13,15H2,1-2H3. The van der Waals surface area contributed by atoms with Crippen LogP contribution < -0.4 is 14.8 Å². The summed E-state index contributed by atoms with van der Waals surface area (Å²) in [5, 5.41) is 3.48. The third-order valence-electron chi connectivity index (χ3n) is 4.97. The quantitative estimate of drug-likeness (QED) is 0.683. The van der Waals surface area contributed by atoms with Gasteiger partial charge in [-0.2, -0.15) is 0 Å². The van der Waals surface area contributed by atoms with E-state index in [1.807, 2.05) is 42.5 Å². The summed E-state index contributed by atoms with van der Waals surface area (Å²) in [7, 11) is 3.37. The monoisotopic (exact) mass is 379 g/mol. The second-order valence-electron chi connectivity index (χ2n) is 6.80. The molecule has 0 aliphatic carbocycles. The molecule has 0 spiro atoms. The van der Waals surface area contributed by atoms with Crippen LogP contribution in [0.2, 0.25) is 0 Å². The summed E-state index contributed by atoms with van der Waals surface area (Å²) in [4.78, 5) is 4.72. The van der Waals surface area contributed by atoms with Crippen molar-refractivity contribution in [2.45, 2.75) is 25.8 Å². The summed E-state index contributed by atoms with van der Waals surface area (Å²) in [5.41, 5.74) is 3.18. The van der Waals surface area contributed by atoms with Gasteiger partial charge in [0.25, 0.3) is 0 Å². The number of aromatic nitrogens is 2. The Hall–Kier alpha value is -2.83.